The third kappa shape index (κ3) is 4.15. The predicted octanol–water partition coefficient (Wildman–Crippen LogP) is 1.67. The number of allylic oxidation sites excluding steroid dienone is 1. The minimum Gasteiger partial charge on any atom is -0.211 e. The Morgan fingerprint density at radius 1 is 2.00 bits per heavy atom. The van der Waals surface area contributed by atoms with Crippen molar-refractivity contribution in [3.8, 4) is 0 Å². The van der Waals surface area contributed by atoms with Crippen LogP contribution in [0, 0.1) is 6.58 Å². The second kappa shape index (κ2) is 2.39. The van der Waals surface area contributed by atoms with Crippen LogP contribution in [0.25, 0.3) is 0 Å². The summed E-state index contributed by atoms with van der Waals surface area (Å²) in [5.41, 5.74) is 0. The summed E-state index contributed by atoms with van der Waals surface area (Å²) in [6.07, 6.45) is 0. The first-order chi connectivity index (χ1) is 2.27. The summed E-state index contributed by atoms with van der Waals surface area (Å²) >= 11 is 2.78. The maximum atomic E-state index is 11.1. The van der Waals surface area contributed by atoms with Gasteiger partial charge in [0.05, 0.1) is 5.33 Å². The van der Waals surface area contributed by atoms with Gasteiger partial charge in [0.1, 0.15) is 5.83 Å². The van der Waals surface area contributed by atoms with Crippen molar-refractivity contribution in [3.05, 3.63) is 12.4 Å². The zero-order valence-electron chi connectivity index (χ0n) is 2.54. The van der Waals surface area contributed by atoms with E-state index in [1.165, 1.54) is 0 Å². The van der Waals surface area contributed by atoms with Crippen LogP contribution >= 0.6 is 15.9 Å². The lowest BCUT2D eigenvalue weighted by molar-refractivity contribution is 0.648. The zero-order valence-corrected chi connectivity index (χ0v) is 4.13. The first-order valence-electron chi connectivity index (χ1n) is 1.10. The molecule has 5 heavy (non-hydrogen) atoms. The molecule has 0 rings (SSSR count). The van der Waals surface area contributed by atoms with E-state index in [1.807, 2.05) is 0 Å². The Balaban J connectivity index is 2.85. The highest BCUT2D eigenvalue weighted by molar-refractivity contribution is 9.09. The van der Waals surface area contributed by atoms with Crippen molar-refractivity contribution in [2.24, 2.45) is 0 Å². The lowest BCUT2D eigenvalue weighted by atomic mass is 10.7. The molecule has 0 heterocycles. The Hall–Kier alpha value is 0.150. The number of rotatable bonds is 1. The van der Waals surface area contributed by atoms with Crippen LogP contribution in [0.2, 0.25) is 0 Å². The normalized spacial score (nSPS) is 7.60. The fourth-order valence-electron chi connectivity index (χ4n) is 0. The van der Waals surface area contributed by atoms with E-state index in [4.69, 9.17) is 0 Å². The van der Waals surface area contributed by atoms with Crippen LogP contribution in [0.4, 0.5) is 4.39 Å². The Labute approximate surface area is 38.8 Å². The molecule has 0 saturated carbocycles. The molecule has 1 radical (unpaired) electrons. The number of hydrogen-bond acceptors (Lipinski definition) is 0. The molecular formula is C3H3BrF. The summed E-state index contributed by atoms with van der Waals surface area (Å²) in [5.74, 6) is -0.579. The van der Waals surface area contributed by atoms with Gasteiger partial charge in [-0.15, -0.1) is 0 Å². The van der Waals surface area contributed by atoms with Crippen LogP contribution in [0.1, 0.15) is 0 Å². The van der Waals surface area contributed by atoms with Crippen molar-refractivity contribution < 1.29 is 4.39 Å². The highest BCUT2D eigenvalue weighted by Gasteiger charge is 1.76. The highest BCUT2D eigenvalue weighted by Crippen LogP contribution is 1.93. The Bertz CT molecular complexity index is 42.2. The summed E-state index contributed by atoms with van der Waals surface area (Å²) in [6, 6.07) is 0. The zero-order chi connectivity index (χ0) is 4.28. The molecule has 0 aromatic carbocycles. The largest absolute Gasteiger partial charge is 0.211 e. The van der Waals surface area contributed by atoms with Crippen molar-refractivity contribution in [2.75, 3.05) is 5.33 Å². The monoisotopic (exact) mass is 137 g/mol. The second-order valence-corrected chi connectivity index (χ2v) is 1.14. The van der Waals surface area contributed by atoms with Crippen LogP contribution < -0.4 is 0 Å². The van der Waals surface area contributed by atoms with Crippen LogP contribution in [0.5, 0.6) is 0 Å². The van der Waals surface area contributed by atoms with Crippen molar-refractivity contribution in [1.29, 1.82) is 0 Å². The summed E-state index contributed by atoms with van der Waals surface area (Å²) in [6.45, 7) is 4.49. The molecule has 0 N–H and O–H groups in total. The standard InChI is InChI=1S/C3H3BrF/c1-3(5)2-4/h1H,2H2. The first kappa shape index (κ1) is 5.15. The molecule has 0 nitrogen and oxygen atoms in total. The van der Waals surface area contributed by atoms with Gasteiger partial charge in [-0.3, -0.25) is 0 Å². The molecule has 0 aromatic rings. The van der Waals surface area contributed by atoms with Gasteiger partial charge in [0.15, 0.2) is 0 Å². The van der Waals surface area contributed by atoms with Gasteiger partial charge in [-0.25, -0.2) is 4.39 Å². The Kier molecular flexibility index (Phi) is 2.46. The highest BCUT2D eigenvalue weighted by atomic mass is 79.9. The van der Waals surface area contributed by atoms with Gasteiger partial charge < -0.3 is 0 Å². The molecule has 0 saturated heterocycles. The fraction of sp³-hybridized carbons (Fsp3) is 0.333. The number of halogens is 2. The molecule has 2 heteroatoms. The average Bonchev–Trinajstić information content (AvgIpc) is 1.38. The van der Waals surface area contributed by atoms with E-state index < -0.39 is 5.83 Å². The smallest absolute Gasteiger partial charge is 0.111 e. The van der Waals surface area contributed by atoms with Crippen molar-refractivity contribution in [1.82, 2.24) is 0 Å². The quantitative estimate of drug-likeness (QED) is 0.483. The fourth-order valence-corrected chi connectivity index (χ4v) is 0. The van der Waals surface area contributed by atoms with Crippen LogP contribution in [-0.4, -0.2) is 5.33 Å². The molecule has 29 valence electrons. The van der Waals surface area contributed by atoms with Gasteiger partial charge in [0, 0.05) is 0 Å². The lowest BCUT2D eigenvalue weighted by Gasteiger charge is -1.71. The molecule has 0 atom stereocenters. The molecule has 0 fully saturated rings. The maximum absolute atomic E-state index is 11.1. The molecule has 0 aromatic heterocycles. The first-order valence-corrected chi connectivity index (χ1v) is 2.22. The predicted molar refractivity (Wildman–Crippen MR) is 22.7 cm³/mol. The average molecular weight is 138 g/mol. The molecule has 0 aliphatic carbocycles. The van der Waals surface area contributed by atoms with Crippen molar-refractivity contribution in [3.63, 3.8) is 0 Å². The Morgan fingerprint density at radius 2 is 2.20 bits per heavy atom. The minimum absolute atomic E-state index is 0.146. The van der Waals surface area contributed by atoms with Crippen molar-refractivity contribution in [2.45, 2.75) is 0 Å². The molecule has 0 aliphatic rings. The van der Waals surface area contributed by atoms with Gasteiger partial charge in [0.2, 0.25) is 0 Å². The number of alkyl halides is 1. The van der Waals surface area contributed by atoms with Gasteiger partial charge in [-0.2, -0.15) is 0 Å². The van der Waals surface area contributed by atoms with Crippen LogP contribution in [-0.2, 0) is 0 Å². The molecule has 0 bridgehead atoms. The summed E-state index contributed by atoms with van der Waals surface area (Å²) in [5, 5.41) is 0.146. The SMILES string of the molecule is [CH]=C(F)CBr. The Morgan fingerprint density at radius 3 is 2.20 bits per heavy atom. The van der Waals surface area contributed by atoms with Gasteiger partial charge in [-0.05, 0) is 6.58 Å². The van der Waals surface area contributed by atoms with Gasteiger partial charge in [0.25, 0.3) is 0 Å². The topological polar surface area (TPSA) is 0 Å². The maximum Gasteiger partial charge on any atom is 0.111 e. The molecular weight excluding hydrogens is 135 g/mol. The molecule has 0 aliphatic heterocycles. The van der Waals surface area contributed by atoms with E-state index in [0.717, 1.165) is 0 Å². The molecule has 0 unspecified atom stereocenters. The van der Waals surface area contributed by atoms with Crippen LogP contribution in [0.15, 0.2) is 5.83 Å². The summed E-state index contributed by atoms with van der Waals surface area (Å²) in [4.78, 5) is 0. The van der Waals surface area contributed by atoms with Gasteiger partial charge >= 0.3 is 0 Å². The van der Waals surface area contributed by atoms with E-state index in [2.05, 4.69) is 22.5 Å². The summed E-state index contributed by atoms with van der Waals surface area (Å²) in [7, 11) is 0. The minimum atomic E-state index is -0.579. The van der Waals surface area contributed by atoms with Gasteiger partial charge in [-0.1, -0.05) is 15.9 Å². The van der Waals surface area contributed by atoms with E-state index in [0.29, 0.717) is 0 Å². The van der Waals surface area contributed by atoms with Crippen LogP contribution in [0.3, 0.4) is 0 Å². The lowest BCUT2D eigenvalue weighted by Crippen LogP contribution is -1.62. The van der Waals surface area contributed by atoms with E-state index in [-0.39, 0.29) is 5.33 Å². The number of hydrogen-bond donors (Lipinski definition) is 0. The molecule has 0 amide bonds. The van der Waals surface area contributed by atoms with E-state index in [1.54, 1.807) is 0 Å². The molecule has 0 spiro atoms. The third-order valence-electron chi connectivity index (χ3n) is 0.128. The second-order valence-electron chi connectivity index (χ2n) is 0.580. The van der Waals surface area contributed by atoms with Crippen molar-refractivity contribution >= 4 is 15.9 Å². The third-order valence-corrected chi connectivity index (χ3v) is 0.663. The van der Waals surface area contributed by atoms with E-state index >= 15 is 0 Å². The summed E-state index contributed by atoms with van der Waals surface area (Å²) < 4.78 is 11.1. The van der Waals surface area contributed by atoms with E-state index in [9.17, 15) is 4.39 Å².